The highest BCUT2D eigenvalue weighted by Crippen LogP contribution is 2.29. The van der Waals surface area contributed by atoms with E-state index in [4.69, 9.17) is 0 Å². The number of hydrogen-bond acceptors (Lipinski definition) is 3. The standard InChI is InChI=1S/C12H16N2O3S/c1-3-6-13-18(16,17)10-4-5-11-9(7-10)8-12(15)14(11)2/h4-5,7,13H,3,6,8H2,1-2H3. The fraction of sp³-hybridized carbons (Fsp3) is 0.417. The van der Waals surface area contributed by atoms with Crippen molar-refractivity contribution < 1.29 is 13.2 Å². The summed E-state index contributed by atoms with van der Waals surface area (Å²) in [6, 6.07) is 4.79. The van der Waals surface area contributed by atoms with Crippen LogP contribution in [0, 0.1) is 0 Å². The van der Waals surface area contributed by atoms with Gasteiger partial charge in [-0.15, -0.1) is 0 Å². The SMILES string of the molecule is CCCNS(=O)(=O)c1ccc2c(c1)CC(=O)N2C. The van der Waals surface area contributed by atoms with Gasteiger partial charge in [0.15, 0.2) is 0 Å². The molecule has 0 aromatic heterocycles. The van der Waals surface area contributed by atoms with Crippen molar-refractivity contribution in [2.75, 3.05) is 18.5 Å². The third-order valence-electron chi connectivity index (χ3n) is 2.98. The summed E-state index contributed by atoms with van der Waals surface area (Å²) in [5, 5.41) is 0. The van der Waals surface area contributed by atoms with Crippen LogP contribution in [-0.4, -0.2) is 27.9 Å². The van der Waals surface area contributed by atoms with E-state index in [0.717, 1.165) is 17.7 Å². The first-order valence-electron chi connectivity index (χ1n) is 5.85. The number of carbonyl (C=O) groups excluding carboxylic acids is 1. The van der Waals surface area contributed by atoms with Crippen LogP contribution in [0.2, 0.25) is 0 Å². The third-order valence-corrected chi connectivity index (χ3v) is 4.44. The highest BCUT2D eigenvalue weighted by atomic mass is 32.2. The maximum Gasteiger partial charge on any atom is 0.240 e. The molecule has 0 fully saturated rings. The number of hydrogen-bond donors (Lipinski definition) is 1. The Morgan fingerprint density at radius 3 is 2.78 bits per heavy atom. The Kier molecular flexibility index (Phi) is 3.41. The van der Waals surface area contributed by atoms with Crippen molar-refractivity contribution in [1.82, 2.24) is 4.72 Å². The molecule has 0 bridgehead atoms. The van der Waals surface area contributed by atoms with Crippen LogP contribution in [0.4, 0.5) is 5.69 Å². The van der Waals surface area contributed by atoms with Crippen molar-refractivity contribution in [3.8, 4) is 0 Å². The summed E-state index contributed by atoms with van der Waals surface area (Å²) in [6.45, 7) is 2.32. The molecule has 1 aromatic rings. The van der Waals surface area contributed by atoms with E-state index in [1.807, 2.05) is 6.92 Å². The monoisotopic (exact) mass is 268 g/mol. The lowest BCUT2D eigenvalue weighted by molar-refractivity contribution is -0.117. The average molecular weight is 268 g/mol. The summed E-state index contributed by atoms with van der Waals surface area (Å²) in [7, 11) is -1.77. The van der Waals surface area contributed by atoms with E-state index in [0.29, 0.717) is 6.54 Å². The summed E-state index contributed by atoms with van der Waals surface area (Å²) in [5.74, 6) is -0.0129. The minimum Gasteiger partial charge on any atom is -0.315 e. The number of likely N-dealkylation sites (N-methyl/N-ethyl adjacent to an activating group) is 1. The molecule has 6 heteroatoms. The van der Waals surface area contributed by atoms with Crippen molar-refractivity contribution >= 4 is 21.6 Å². The van der Waals surface area contributed by atoms with Gasteiger partial charge in [-0.3, -0.25) is 4.79 Å². The molecule has 0 atom stereocenters. The number of benzene rings is 1. The van der Waals surface area contributed by atoms with Crippen molar-refractivity contribution in [3.63, 3.8) is 0 Å². The zero-order chi connectivity index (χ0) is 13.3. The lowest BCUT2D eigenvalue weighted by Crippen LogP contribution is -2.24. The van der Waals surface area contributed by atoms with Gasteiger partial charge in [0.2, 0.25) is 15.9 Å². The molecule has 1 amide bonds. The van der Waals surface area contributed by atoms with Gasteiger partial charge in [0.1, 0.15) is 0 Å². The zero-order valence-corrected chi connectivity index (χ0v) is 11.3. The minimum atomic E-state index is -3.46. The number of nitrogens with zero attached hydrogens (tertiary/aromatic N) is 1. The molecular formula is C12H16N2O3S. The predicted octanol–water partition coefficient (Wildman–Crippen LogP) is 0.894. The van der Waals surface area contributed by atoms with E-state index in [1.54, 1.807) is 24.1 Å². The molecular weight excluding hydrogens is 252 g/mol. The molecule has 0 spiro atoms. The van der Waals surface area contributed by atoms with E-state index in [1.165, 1.54) is 6.07 Å². The molecule has 98 valence electrons. The van der Waals surface area contributed by atoms with Gasteiger partial charge >= 0.3 is 0 Å². The number of amides is 1. The summed E-state index contributed by atoms with van der Waals surface area (Å²) in [6.07, 6.45) is 1.01. The quantitative estimate of drug-likeness (QED) is 0.882. The molecule has 0 aliphatic carbocycles. The van der Waals surface area contributed by atoms with Crippen LogP contribution >= 0.6 is 0 Å². The number of sulfonamides is 1. The Hall–Kier alpha value is -1.40. The molecule has 1 aliphatic rings. The summed E-state index contributed by atoms with van der Waals surface area (Å²) < 4.78 is 26.4. The summed E-state index contributed by atoms with van der Waals surface area (Å²) in [5.41, 5.74) is 1.55. The Morgan fingerprint density at radius 1 is 1.39 bits per heavy atom. The first kappa shape index (κ1) is 13.0. The zero-order valence-electron chi connectivity index (χ0n) is 10.4. The Balaban J connectivity index is 2.34. The van der Waals surface area contributed by atoms with Gasteiger partial charge in [-0.25, -0.2) is 13.1 Å². The highest BCUT2D eigenvalue weighted by molar-refractivity contribution is 7.89. The van der Waals surface area contributed by atoms with Gasteiger partial charge in [-0.1, -0.05) is 6.92 Å². The number of anilines is 1. The van der Waals surface area contributed by atoms with Crippen molar-refractivity contribution in [2.24, 2.45) is 0 Å². The van der Waals surface area contributed by atoms with Gasteiger partial charge in [-0.2, -0.15) is 0 Å². The van der Waals surface area contributed by atoms with E-state index >= 15 is 0 Å². The van der Waals surface area contributed by atoms with E-state index in [9.17, 15) is 13.2 Å². The van der Waals surface area contributed by atoms with Gasteiger partial charge in [0.25, 0.3) is 0 Å². The molecule has 5 nitrogen and oxygen atoms in total. The molecule has 1 aliphatic heterocycles. The minimum absolute atomic E-state index is 0.0129. The third kappa shape index (κ3) is 2.26. The molecule has 0 radical (unpaired) electrons. The maximum absolute atomic E-state index is 11.9. The second-order valence-corrected chi connectivity index (χ2v) is 6.08. The van der Waals surface area contributed by atoms with Gasteiger partial charge in [0.05, 0.1) is 11.3 Å². The summed E-state index contributed by atoms with van der Waals surface area (Å²) in [4.78, 5) is 13.3. The van der Waals surface area contributed by atoms with E-state index < -0.39 is 10.0 Å². The van der Waals surface area contributed by atoms with Gasteiger partial charge in [0, 0.05) is 19.3 Å². The average Bonchev–Trinajstić information content (AvgIpc) is 2.62. The molecule has 1 aromatic carbocycles. The van der Waals surface area contributed by atoms with Crippen LogP contribution in [0.5, 0.6) is 0 Å². The Morgan fingerprint density at radius 2 is 2.11 bits per heavy atom. The molecule has 0 saturated heterocycles. The van der Waals surface area contributed by atoms with Crippen molar-refractivity contribution in [1.29, 1.82) is 0 Å². The summed E-state index contributed by atoms with van der Waals surface area (Å²) >= 11 is 0. The van der Waals surface area contributed by atoms with Crippen LogP contribution in [0.15, 0.2) is 23.1 Å². The number of fused-ring (bicyclic) bond motifs is 1. The fourth-order valence-corrected chi connectivity index (χ4v) is 3.12. The molecule has 0 saturated carbocycles. The lowest BCUT2D eigenvalue weighted by atomic mass is 10.2. The molecule has 2 rings (SSSR count). The highest BCUT2D eigenvalue weighted by Gasteiger charge is 2.25. The Labute approximate surface area is 107 Å². The first-order valence-corrected chi connectivity index (χ1v) is 7.33. The second-order valence-electron chi connectivity index (χ2n) is 4.32. The Bertz CT molecular complexity index is 581. The van der Waals surface area contributed by atoms with Crippen molar-refractivity contribution in [3.05, 3.63) is 23.8 Å². The van der Waals surface area contributed by atoms with Crippen LogP contribution < -0.4 is 9.62 Å². The number of rotatable bonds is 4. The fourth-order valence-electron chi connectivity index (χ4n) is 1.93. The normalized spacial score (nSPS) is 15.0. The van der Waals surface area contributed by atoms with Gasteiger partial charge < -0.3 is 4.90 Å². The van der Waals surface area contributed by atoms with Crippen molar-refractivity contribution in [2.45, 2.75) is 24.7 Å². The number of carbonyl (C=O) groups is 1. The smallest absolute Gasteiger partial charge is 0.240 e. The topological polar surface area (TPSA) is 66.5 Å². The van der Waals surface area contributed by atoms with Crippen LogP contribution in [-0.2, 0) is 21.2 Å². The molecule has 0 unspecified atom stereocenters. The van der Waals surface area contributed by atoms with Gasteiger partial charge in [-0.05, 0) is 30.2 Å². The predicted molar refractivity (Wildman–Crippen MR) is 69.0 cm³/mol. The first-order chi connectivity index (χ1) is 8.45. The van der Waals surface area contributed by atoms with Crippen LogP contribution in [0.25, 0.3) is 0 Å². The van der Waals surface area contributed by atoms with E-state index in [2.05, 4.69) is 4.72 Å². The maximum atomic E-state index is 11.9. The second kappa shape index (κ2) is 4.70. The van der Waals surface area contributed by atoms with E-state index in [-0.39, 0.29) is 17.2 Å². The largest absolute Gasteiger partial charge is 0.315 e. The van der Waals surface area contributed by atoms with Crippen LogP contribution in [0.3, 0.4) is 0 Å². The molecule has 18 heavy (non-hydrogen) atoms. The number of nitrogens with one attached hydrogen (secondary N) is 1. The lowest BCUT2D eigenvalue weighted by Gasteiger charge is -2.11. The molecule has 1 heterocycles. The van der Waals surface area contributed by atoms with Crippen LogP contribution in [0.1, 0.15) is 18.9 Å². The molecule has 1 N–H and O–H groups in total.